The van der Waals surface area contributed by atoms with Crippen LogP contribution in [0, 0.1) is 11.6 Å². The summed E-state index contributed by atoms with van der Waals surface area (Å²) >= 11 is 0. The third kappa shape index (κ3) is 5.42. The van der Waals surface area contributed by atoms with E-state index in [2.05, 4.69) is 34.9 Å². The minimum atomic E-state index is -0.652. The van der Waals surface area contributed by atoms with Crippen LogP contribution in [0.1, 0.15) is 24.0 Å². The maximum Gasteiger partial charge on any atom is 0.317 e. The number of hydrogen-bond acceptors (Lipinski definition) is 3. The summed E-state index contributed by atoms with van der Waals surface area (Å²) < 4.78 is 26.6. The van der Waals surface area contributed by atoms with Crippen molar-refractivity contribution in [3.8, 4) is 0 Å². The standard InChI is InChI=1S/C21H26F2N4O/c22-17-4-3-16(20(23)13-17)14-25-21(28)27-11-8-19(9-12-27)26-18-5-1-15(2-6-18)7-10-24/h1-6,13,19,26H,7-12,14,24H2,(H,25,28). The van der Waals surface area contributed by atoms with E-state index < -0.39 is 11.6 Å². The van der Waals surface area contributed by atoms with E-state index in [1.54, 1.807) is 4.90 Å². The topological polar surface area (TPSA) is 70.4 Å². The molecule has 1 heterocycles. The van der Waals surface area contributed by atoms with Gasteiger partial charge in [0.05, 0.1) is 0 Å². The monoisotopic (exact) mass is 388 g/mol. The minimum absolute atomic E-state index is 0.0400. The number of rotatable bonds is 6. The lowest BCUT2D eigenvalue weighted by molar-refractivity contribution is 0.183. The van der Waals surface area contributed by atoms with Gasteiger partial charge in [-0.2, -0.15) is 0 Å². The van der Waals surface area contributed by atoms with Gasteiger partial charge in [-0.25, -0.2) is 13.6 Å². The van der Waals surface area contributed by atoms with E-state index >= 15 is 0 Å². The fourth-order valence-corrected chi connectivity index (χ4v) is 3.34. The molecule has 2 aromatic rings. The van der Waals surface area contributed by atoms with E-state index in [9.17, 15) is 13.6 Å². The summed E-state index contributed by atoms with van der Waals surface area (Å²) in [6, 6.07) is 11.7. The number of carbonyl (C=O) groups is 1. The molecule has 28 heavy (non-hydrogen) atoms. The third-order valence-corrected chi connectivity index (χ3v) is 4.99. The molecule has 2 aromatic carbocycles. The first-order valence-electron chi connectivity index (χ1n) is 9.57. The number of carbonyl (C=O) groups excluding carboxylic acids is 1. The lowest BCUT2D eigenvalue weighted by atomic mass is 10.0. The van der Waals surface area contributed by atoms with Gasteiger partial charge in [0.15, 0.2) is 0 Å². The lowest BCUT2D eigenvalue weighted by Gasteiger charge is -2.33. The molecule has 150 valence electrons. The highest BCUT2D eigenvalue weighted by Gasteiger charge is 2.22. The Morgan fingerprint density at radius 1 is 1.11 bits per heavy atom. The minimum Gasteiger partial charge on any atom is -0.382 e. The van der Waals surface area contributed by atoms with Crippen LogP contribution in [-0.4, -0.2) is 36.6 Å². The largest absolute Gasteiger partial charge is 0.382 e. The highest BCUT2D eigenvalue weighted by atomic mass is 19.1. The number of likely N-dealkylation sites (tertiary alicyclic amines) is 1. The molecule has 1 saturated heterocycles. The molecule has 1 aliphatic rings. The van der Waals surface area contributed by atoms with E-state index in [0.29, 0.717) is 25.7 Å². The normalized spacial score (nSPS) is 14.8. The zero-order chi connectivity index (χ0) is 19.9. The number of urea groups is 1. The Bertz CT molecular complexity index is 789. The maximum absolute atomic E-state index is 13.6. The van der Waals surface area contributed by atoms with E-state index in [-0.39, 0.29) is 18.1 Å². The SMILES string of the molecule is NCCc1ccc(NC2CCN(C(=O)NCc3ccc(F)cc3F)CC2)cc1. The zero-order valence-corrected chi connectivity index (χ0v) is 15.8. The Kier molecular flexibility index (Phi) is 6.81. The van der Waals surface area contributed by atoms with Crippen LogP contribution >= 0.6 is 0 Å². The van der Waals surface area contributed by atoms with Crippen LogP contribution in [0.5, 0.6) is 0 Å². The first kappa shape index (κ1) is 20.1. The van der Waals surface area contributed by atoms with Crippen molar-refractivity contribution in [2.24, 2.45) is 5.73 Å². The average molecular weight is 388 g/mol. The van der Waals surface area contributed by atoms with Gasteiger partial charge >= 0.3 is 6.03 Å². The molecule has 0 aliphatic carbocycles. The molecular weight excluding hydrogens is 362 g/mol. The molecule has 0 saturated carbocycles. The van der Waals surface area contributed by atoms with Crippen LogP contribution < -0.4 is 16.4 Å². The Hall–Kier alpha value is -2.67. The van der Waals surface area contributed by atoms with E-state index in [1.165, 1.54) is 17.7 Å². The van der Waals surface area contributed by atoms with E-state index in [4.69, 9.17) is 5.73 Å². The third-order valence-electron chi connectivity index (χ3n) is 4.99. The van der Waals surface area contributed by atoms with Crippen LogP contribution in [0.3, 0.4) is 0 Å². The van der Waals surface area contributed by atoms with Gasteiger partial charge in [-0.1, -0.05) is 18.2 Å². The van der Waals surface area contributed by atoms with Crippen molar-refractivity contribution in [2.45, 2.75) is 31.8 Å². The van der Waals surface area contributed by atoms with Crippen molar-refractivity contribution in [1.82, 2.24) is 10.2 Å². The Morgan fingerprint density at radius 3 is 2.46 bits per heavy atom. The van der Waals surface area contributed by atoms with Gasteiger partial charge in [0.2, 0.25) is 0 Å². The maximum atomic E-state index is 13.6. The molecule has 0 atom stereocenters. The second-order valence-electron chi connectivity index (χ2n) is 7.04. The molecule has 4 N–H and O–H groups in total. The number of hydrogen-bond donors (Lipinski definition) is 3. The van der Waals surface area contributed by atoms with Crippen molar-refractivity contribution < 1.29 is 13.6 Å². The summed E-state index contributed by atoms with van der Waals surface area (Å²) in [6.45, 7) is 1.93. The lowest BCUT2D eigenvalue weighted by Crippen LogP contribution is -2.46. The molecule has 1 fully saturated rings. The summed E-state index contributed by atoms with van der Waals surface area (Å²) in [5.41, 5.74) is 8.12. The van der Waals surface area contributed by atoms with Crippen molar-refractivity contribution in [3.05, 3.63) is 65.2 Å². The number of halogens is 2. The second kappa shape index (κ2) is 9.50. The van der Waals surface area contributed by atoms with Crippen molar-refractivity contribution >= 4 is 11.7 Å². The van der Waals surface area contributed by atoms with E-state index in [0.717, 1.165) is 31.0 Å². The highest BCUT2D eigenvalue weighted by molar-refractivity contribution is 5.74. The zero-order valence-electron chi connectivity index (χ0n) is 15.8. The number of amides is 2. The Morgan fingerprint density at radius 2 is 1.82 bits per heavy atom. The summed E-state index contributed by atoms with van der Waals surface area (Å²) in [7, 11) is 0. The van der Waals surface area contributed by atoms with Gasteiger partial charge in [0, 0.05) is 43.0 Å². The molecule has 3 rings (SSSR count). The molecular formula is C21H26F2N4O. The van der Waals surface area contributed by atoms with Gasteiger partial charge in [0.1, 0.15) is 11.6 Å². The fourth-order valence-electron chi connectivity index (χ4n) is 3.34. The van der Waals surface area contributed by atoms with Crippen LogP contribution in [0.2, 0.25) is 0 Å². The average Bonchev–Trinajstić information content (AvgIpc) is 2.69. The van der Waals surface area contributed by atoms with Crippen LogP contribution in [-0.2, 0) is 13.0 Å². The Labute approximate surface area is 163 Å². The van der Waals surface area contributed by atoms with Crippen LogP contribution in [0.25, 0.3) is 0 Å². The van der Waals surface area contributed by atoms with Gasteiger partial charge in [-0.05, 0) is 49.6 Å². The molecule has 0 spiro atoms. The molecule has 1 aliphatic heterocycles. The summed E-state index contributed by atoms with van der Waals surface area (Å²) in [5, 5.41) is 6.21. The summed E-state index contributed by atoms with van der Waals surface area (Å²) in [4.78, 5) is 14.0. The number of benzene rings is 2. The predicted octanol–water partition coefficient (Wildman–Crippen LogP) is 3.25. The Balaban J connectivity index is 1.43. The van der Waals surface area contributed by atoms with Gasteiger partial charge in [-0.15, -0.1) is 0 Å². The fraction of sp³-hybridized carbons (Fsp3) is 0.381. The van der Waals surface area contributed by atoms with E-state index in [1.807, 2.05) is 0 Å². The second-order valence-corrected chi connectivity index (χ2v) is 7.04. The van der Waals surface area contributed by atoms with Gasteiger partial charge in [-0.3, -0.25) is 0 Å². The van der Waals surface area contributed by atoms with Crippen LogP contribution in [0.15, 0.2) is 42.5 Å². The molecule has 5 nitrogen and oxygen atoms in total. The smallest absolute Gasteiger partial charge is 0.317 e. The molecule has 2 amide bonds. The predicted molar refractivity (Wildman–Crippen MR) is 106 cm³/mol. The van der Waals surface area contributed by atoms with Crippen LogP contribution in [0.4, 0.5) is 19.3 Å². The van der Waals surface area contributed by atoms with Crippen molar-refractivity contribution in [2.75, 3.05) is 25.0 Å². The number of nitrogens with one attached hydrogen (secondary N) is 2. The van der Waals surface area contributed by atoms with Gasteiger partial charge < -0.3 is 21.3 Å². The first-order valence-corrected chi connectivity index (χ1v) is 9.57. The number of piperidine rings is 1. The quantitative estimate of drug-likeness (QED) is 0.711. The first-order chi connectivity index (χ1) is 13.5. The summed E-state index contributed by atoms with van der Waals surface area (Å²) in [5.74, 6) is -1.28. The molecule has 0 aromatic heterocycles. The molecule has 0 bridgehead atoms. The number of anilines is 1. The highest BCUT2D eigenvalue weighted by Crippen LogP contribution is 2.18. The molecule has 0 unspecified atom stereocenters. The summed E-state index contributed by atoms with van der Waals surface area (Å²) in [6.07, 6.45) is 2.54. The molecule has 7 heteroatoms. The number of nitrogens with two attached hydrogens (primary N) is 1. The van der Waals surface area contributed by atoms with Crippen molar-refractivity contribution in [1.29, 1.82) is 0 Å². The molecule has 0 radical (unpaired) electrons. The number of nitrogens with zero attached hydrogens (tertiary/aromatic N) is 1. The van der Waals surface area contributed by atoms with Gasteiger partial charge in [0.25, 0.3) is 0 Å². The van der Waals surface area contributed by atoms with Crippen molar-refractivity contribution in [3.63, 3.8) is 0 Å².